The number of hydrogen-bond donors (Lipinski definition) is 3. The van der Waals surface area contributed by atoms with Gasteiger partial charge in [0, 0.05) is 6.20 Å². The Hall–Kier alpha value is -2.53. The van der Waals surface area contributed by atoms with Gasteiger partial charge in [-0.15, -0.1) is 0 Å². The molecule has 0 unspecified atom stereocenters. The lowest BCUT2D eigenvalue weighted by Gasteiger charge is -2.21. The molecular weight excluding hydrogens is 379 g/mol. The van der Waals surface area contributed by atoms with Crippen LogP contribution in [-0.4, -0.2) is 48.2 Å². The average Bonchev–Trinajstić information content (AvgIpc) is 3.15. The zero-order chi connectivity index (χ0) is 20.2. The molecule has 3 heterocycles. The zero-order valence-corrected chi connectivity index (χ0v) is 14.5. The van der Waals surface area contributed by atoms with Gasteiger partial charge in [0.15, 0.2) is 23.7 Å². The van der Waals surface area contributed by atoms with E-state index in [1.165, 1.54) is 10.9 Å². The number of hydrogen-bond acceptors (Lipinski definition) is 6. The van der Waals surface area contributed by atoms with Crippen LogP contribution in [0.25, 0.3) is 11.0 Å². The SMILES string of the molecule is Cc1ncnc2c1c(F)cn2[C@@H]1O[C@H]([C@H](O)c2ccc(F)c(F)c2)[C@@H](O)[C@H]1O. The molecule has 3 N–H and O–H groups in total. The maximum absolute atomic E-state index is 14.3. The van der Waals surface area contributed by atoms with Crippen LogP contribution in [0, 0.1) is 24.4 Å². The Balaban J connectivity index is 1.69. The quantitative estimate of drug-likeness (QED) is 0.622. The molecule has 2 aromatic heterocycles. The van der Waals surface area contributed by atoms with Gasteiger partial charge >= 0.3 is 0 Å². The lowest BCUT2D eigenvalue weighted by Crippen LogP contribution is -2.34. The first-order valence-electron chi connectivity index (χ1n) is 8.42. The number of rotatable bonds is 3. The fourth-order valence-corrected chi connectivity index (χ4v) is 3.44. The third-order valence-electron chi connectivity index (χ3n) is 4.90. The molecule has 5 atom stereocenters. The standard InChI is InChI=1S/C18H16F3N3O4/c1-7-12-11(21)5-24(17(12)23-6-22-7)18-15(27)14(26)16(28-18)13(25)8-2-3-9(19)10(20)4-8/h2-6,13-16,18,25-27H,1H3/t13-,14+,15-,16-,18-/m1/s1. The Kier molecular flexibility index (Phi) is 4.58. The maximum Gasteiger partial charge on any atom is 0.164 e. The molecule has 1 fully saturated rings. The van der Waals surface area contributed by atoms with Crippen molar-refractivity contribution in [2.24, 2.45) is 0 Å². The van der Waals surface area contributed by atoms with E-state index in [0.29, 0.717) is 5.69 Å². The number of aromatic nitrogens is 3. The molecular formula is C18H16F3N3O4. The molecule has 3 aromatic rings. The van der Waals surface area contributed by atoms with Crippen molar-refractivity contribution in [3.63, 3.8) is 0 Å². The lowest BCUT2D eigenvalue weighted by molar-refractivity contribution is -0.0850. The van der Waals surface area contributed by atoms with Crippen molar-refractivity contribution in [2.75, 3.05) is 0 Å². The number of fused-ring (bicyclic) bond motifs is 1. The van der Waals surface area contributed by atoms with Crippen LogP contribution in [0.4, 0.5) is 13.2 Å². The molecule has 28 heavy (non-hydrogen) atoms. The van der Waals surface area contributed by atoms with Crippen LogP contribution in [-0.2, 0) is 4.74 Å². The molecule has 1 aromatic carbocycles. The highest BCUT2D eigenvalue weighted by Crippen LogP contribution is 2.38. The number of aliphatic hydroxyl groups excluding tert-OH is 3. The van der Waals surface area contributed by atoms with Crippen LogP contribution in [0.1, 0.15) is 23.6 Å². The Morgan fingerprint density at radius 2 is 1.82 bits per heavy atom. The summed E-state index contributed by atoms with van der Waals surface area (Å²) in [6, 6.07) is 2.74. The summed E-state index contributed by atoms with van der Waals surface area (Å²) in [5, 5.41) is 31.3. The summed E-state index contributed by atoms with van der Waals surface area (Å²) in [7, 11) is 0. The zero-order valence-electron chi connectivity index (χ0n) is 14.5. The van der Waals surface area contributed by atoms with Crippen LogP contribution >= 0.6 is 0 Å². The first kappa shape index (κ1) is 18.8. The number of benzene rings is 1. The van der Waals surface area contributed by atoms with E-state index < -0.39 is 48.1 Å². The van der Waals surface area contributed by atoms with Gasteiger partial charge in [0.2, 0.25) is 0 Å². The Morgan fingerprint density at radius 3 is 2.54 bits per heavy atom. The third-order valence-corrected chi connectivity index (χ3v) is 4.90. The highest BCUT2D eigenvalue weighted by molar-refractivity contribution is 5.79. The van der Waals surface area contributed by atoms with E-state index in [9.17, 15) is 28.5 Å². The monoisotopic (exact) mass is 395 g/mol. The molecule has 0 saturated carbocycles. The van der Waals surface area contributed by atoms with Crippen molar-refractivity contribution in [1.82, 2.24) is 14.5 Å². The fourth-order valence-electron chi connectivity index (χ4n) is 3.44. The molecule has 7 nitrogen and oxygen atoms in total. The van der Waals surface area contributed by atoms with Gasteiger partial charge in [0.1, 0.15) is 36.4 Å². The molecule has 0 radical (unpaired) electrons. The predicted molar refractivity (Wildman–Crippen MR) is 89.5 cm³/mol. The summed E-state index contributed by atoms with van der Waals surface area (Å²) in [5.41, 5.74) is 0.481. The van der Waals surface area contributed by atoms with Crippen LogP contribution in [0.3, 0.4) is 0 Å². The first-order valence-corrected chi connectivity index (χ1v) is 8.42. The first-order chi connectivity index (χ1) is 13.3. The van der Waals surface area contributed by atoms with Gasteiger partial charge in [0.25, 0.3) is 0 Å². The van der Waals surface area contributed by atoms with Crippen LogP contribution < -0.4 is 0 Å². The molecule has 0 aliphatic carbocycles. The van der Waals surface area contributed by atoms with E-state index in [0.717, 1.165) is 24.4 Å². The van der Waals surface area contributed by atoms with E-state index in [1.807, 2.05) is 0 Å². The van der Waals surface area contributed by atoms with Gasteiger partial charge in [-0.2, -0.15) is 0 Å². The molecule has 0 spiro atoms. The number of aliphatic hydroxyl groups is 3. The lowest BCUT2D eigenvalue weighted by atomic mass is 9.99. The molecule has 1 aliphatic rings. The van der Waals surface area contributed by atoms with E-state index in [-0.39, 0.29) is 16.6 Å². The average molecular weight is 395 g/mol. The second-order valence-corrected chi connectivity index (χ2v) is 6.63. The van der Waals surface area contributed by atoms with Crippen molar-refractivity contribution < 1.29 is 33.2 Å². The minimum Gasteiger partial charge on any atom is -0.387 e. The minimum atomic E-state index is -1.57. The second kappa shape index (κ2) is 6.82. The van der Waals surface area contributed by atoms with Crippen LogP contribution in [0.2, 0.25) is 0 Å². The smallest absolute Gasteiger partial charge is 0.164 e. The summed E-state index contributed by atoms with van der Waals surface area (Å²) >= 11 is 0. The second-order valence-electron chi connectivity index (χ2n) is 6.63. The van der Waals surface area contributed by atoms with Crippen molar-refractivity contribution in [2.45, 2.75) is 37.6 Å². The molecule has 1 aliphatic heterocycles. The summed E-state index contributed by atoms with van der Waals surface area (Å²) in [6.07, 6.45) is -5.02. The van der Waals surface area contributed by atoms with E-state index in [1.54, 1.807) is 6.92 Å². The number of nitrogens with zero attached hydrogens (tertiary/aromatic N) is 3. The van der Waals surface area contributed by atoms with E-state index in [4.69, 9.17) is 4.74 Å². The largest absolute Gasteiger partial charge is 0.387 e. The Labute approximate surface area is 156 Å². The van der Waals surface area contributed by atoms with E-state index >= 15 is 0 Å². The summed E-state index contributed by atoms with van der Waals surface area (Å²) in [6.45, 7) is 1.59. The van der Waals surface area contributed by atoms with Gasteiger partial charge < -0.3 is 24.6 Å². The van der Waals surface area contributed by atoms with Gasteiger partial charge in [-0.1, -0.05) is 6.07 Å². The van der Waals surface area contributed by atoms with Gasteiger partial charge in [-0.25, -0.2) is 23.1 Å². The number of aryl methyl sites for hydroxylation is 1. The predicted octanol–water partition coefficient (Wildman–Crippen LogP) is 1.51. The van der Waals surface area contributed by atoms with Crippen LogP contribution in [0.15, 0.2) is 30.7 Å². The Morgan fingerprint density at radius 1 is 1.07 bits per heavy atom. The maximum atomic E-state index is 14.3. The van der Waals surface area contributed by atoms with Gasteiger partial charge in [0.05, 0.1) is 11.1 Å². The van der Waals surface area contributed by atoms with Gasteiger partial charge in [-0.3, -0.25) is 0 Å². The fraction of sp³-hybridized carbons (Fsp3) is 0.333. The number of ether oxygens (including phenoxy) is 1. The third kappa shape index (κ3) is 2.85. The molecule has 4 rings (SSSR count). The molecule has 10 heteroatoms. The molecule has 148 valence electrons. The minimum absolute atomic E-state index is 0.0440. The summed E-state index contributed by atoms with van der Waals surface area (Å²) < 4.78 is 47.7. The van der Waals surface area contributed by atoms with Gasteiger partial charge in [-0.05, 0) is 24.6 Å². The van der Waals surface area contributed by atoms with Crippen LogP contribution in [0.5, 0.6) is 0 Å². The van der Waals surface area contributed by atoms with Crippen molar-refractivity contribution in [3.8, 4) is 0 Å². The number of halogens is 3. The highest BCUT2D eigenvalue weighted by Gasteiger charge is 2.47. The van der Waals surface area contributed by atoms with Crippen molar-refractivity contribution in [1.29, 1.82) is 0 Å². The van der Waals surface area contributed by atoms with E-state index in [2.05, 4.69) is 9.97 Å². The molecule has 0 bridgehead atoms. The summed E-state index contributed by atoms with van der Waals surface area (Å²) in [5.74, 6) is -2.90. The molecule has 0 amide bonds. The normalized spacial score (nSPS) is 26.1. The topological polar surface area (TPSA) is 101 Å². The Bertz CT molecular complexity index is 1040. The summed E-state index contributed by atoms with van der Waals surface area (Å²) in [4.78, 5) is 7.92. The molecule has 1 saturated heterocycles. The highest BCUT2D eigenvalue weighted by atomic mass is 19.2. The van der Waals surface area contributed by atoms with Crippen molar-refractivity contribution in [3.05, 3.63) is 59.4 Å². The van der Waals surface area contributed by atoms with Crippen molar-refractivity contribution >= 4 is 11.0 Å².